The van der Waals surface area contributed by atoms with Crippen LogP contribution in [0.4, 0.5) is 0 Å². The average molecular weight is 255 g/mol. The Hall–Kier alpha value is -1.36. The number of aliphatic carboxylic acids is 1. The van der Waals surface area contributed by atoms with Gasteiger partial charge in [0, 0.05) is 9.86 Å². The van der Waals surface area contributed by atoms with Gasteiger partial charge in [-0.15, -0.1) is 0 Å². The van der Waals surface area contributed by atoms with Crippen molar-refractivity contribution in [1.29, 1.82) is 0 Å². The predicted octanol–water partition coefficient (Wildman–Crippen LogP) is 1.95. The van der Waals surface area contributed by atoms with Crippen molar-refractivity contribution in [2.75, 3.05) is 0 Å². The van der Waals surface area contributed by atoms with Gasteiger partial charge < -0.3 is 5.11 Å². The monoisotopic (exact) mass is 254 g/mol. The number of benzene rings is 1. The Morgan fingerprint density at radius 1 is 1.57 bits per heavy atom. The number of carbonyl (C=O) groups is 1. The van der Waals surface area contributed by atoms with Crippen LogP contribution < -0.4 is 0 Å². The summed E-state index contributed by atoms with van der Waals surface area (Å²) in [6, 6.07) is 3.68. The number of hydrogen-bond donors (Lipinski definition) is 2. The molecule has 1 aromatic carbocycles. The summed E-state index contributed by atoms with van der Waals surface area (Å²) in [5.41, 5.74) is 1.52. The van der Waals surface area contributed by atoms with E-state index in [1.165, 1.54) is 0 Å². The van der Waals surface area contributed by atoms with E-state index in [4.69, 9.17) is 5.11 Å². The molecule has 0 saturated heterocycles. The fourth-order valence-corrected chi connectivity index (χ4v) is 1.92. The molecule has 14 heavy (non-hydrogen) atoms. The van der Waals surface area contributed by atoms with Crippen molar-refractivity contribution in [2.45, 2.75) is 6.42 Å². The minimum absolute atomic E-state index is 0.00185. The van der Waals surface area contributed by atoms with Gasteiger partial charge in [-0.05, 0) is 17.7 Å². The lowest BCUT2D eigenvalue weighted by atomic mass is 10.1. The molecule has 0 fully saturated rings. The van der Waals surface area contributed by atoms with Crippen LogP contribution in [0.3, 0.4) is 0 Å². The maximum Gasteiger partial charge on any atom is 0.307 e. The number of rotatable bonds is 2. The first-order valence-corrected chi connectivity index (χ1v) is 4.79. The van der Waals surface area contributed by atoms with Gasteiger partial charge in [0.1, 0.15) is 0 Å². The first-order valence-electron chi connectivity index (χ1n) is 4.00. The van der Waals surface area contributed by atoms with Gasteiger partial charge >= 0.3 is 5.97 Å². The van der Waals surface area contributed by atoms with E-state index in [0.717, 1.165) is 20.9 Å². The zero-order valence-corrected chi connectivity index (χ0v) is 8.71. The molecule has 0 saturated carbocycles. The SMILES string of the molecule is O=C(O)Cc1cc(Br)cc2cn[nH]c12. The van der Waals surface area contributed by atoms with Gasteiger partial charge in [0.25, 0.3) is 0 Å². The number of carboxylic acids is 1. The van der Waals surface area contributed by atoms with Crippen molar-refractivity contribution in [3.63, 3.8) is 0 Å². The molecule has 1 aromatic heterocycles. The molecule has 0 unspecified atom stereocenters. The van der Waals surface area contributed by atoms with E-state index < -0.39 is 5.97 Å². The molecular formula is C9H7BrN2O2. The zero-order chi connectivity index (χ0) is 10.1. The van der Waals surface area contributed by atoms with Gasteiger partial charge in [0.15, 0.2) is 0 Å². The minimum Gasteiger partial charge on any atom is -0.481 e. The molecule has 0 amide bonds. The summed E-state index contributed by atoms with van der Waals surface area (Å²) < 4.78 is 0.864. The van der Waals surface area contributed by atoms with E-state index in [0.29, 0.717) is 0 Å². The summed E-state index contributed by atoms with van der Waals surface area (Å²) >= 11 is 3.32. The Morgan fingerprint density at radius 2 is 2.36 bits per heavy atom. The summed E-state index contributed by atoms with van der Waals surface area (Å²) in [6.45, 7) is 0. The third-order valence-corrected chi connectivity index (χ3v) is 2.39. The highest BCUT2D eigenvalue weighted by molar-refractivity contribution is 9.10. The zero-order valence-electron chi connectivity index (χ0n) is 7.12. The van der Waals surface area contributed by atoms with Crippen LogP contribution in [0.15, 0.2) is 22.8 Å². The number of aromatic amines is 1. The standard InChI is InChI=1S/C9H7BrN2O2/c10-7-1-5(3-8(13)14)9-6(2-7)4-11-12-9/h1-2,4H,3H2,(H,11,12)(H,13,14). The normalized spacial score (nSPS) is 10.6. The first kappa shape index (κ1) is 9.21. The molecule has 0 radical (unpaired) electrons. The molecule has 0 bridgehead atoms. The van der Waals surface area contributed by atoms with E-state index in [1.807, 2.05) is 6.07 Å². The van der Waals surface area contributed by atoms with Crippen LogP contribution in [0.5, 0.6) is 0 Å². The fraction of sp³-hybridized carbons (Fsp3) is 0.111. The Balaban J connectivity index is 2.60. The molecule has 0 atom stereocenters. The number of nitrogens with zero attached hydrogens (tertiary/aromatic N) is 1. The van der Waals surface area contributed by atoms with Crippen molar-refractivity contribution in [3.05, 3.63) is 28.4 Å². The summed E-state index contributed by atoms with van der Waals surface area (Å²) in [6.07, 6.45) is 1.67. The second kappa shape index (κ2) is 3.42. The number of carboxylic acid groups (broad SMARTS) is 1. The van der Waals surface area contributed by atoms with Crippen LogP contribution in [0, 0.1) is 0 Å². The summed E-state index contributed by atoms with van der Waals surface area (Å²) in [5, 5.41) is 16.3. The van der Waals surface area contributed by atoms with Gasteiger partial charge in [0.2, 0.25) is 0 Å². The van der Waals surface area contributed by atoms with Crippen LogP contribution in [0.2, 0.25) is 0 Å². The molecule has 4 nitrogen and oxygen atoms in total. The number of fused-ring (bicyclic) bond motifs is 1. The number of nitrogens with one attached hydrogen (secondary N) is 1. The van der Waals surface area contributed by atoms with Crippen molar-refractivity contribution >= 4 is 32.8 Å². The van der Waals surface area contributed by atoms with Gasteiger partial charge in [0.05, 0.1) is 18.1 Å². The second-order valence-corrected chi connectivity index (χ2v) is 3.89. The van der Waals surface area contributed by atoms with Gasteiger partial charge in [-0.3, -0.25) is 9.89 Å². The van der Waals surface area contributed by atoms with Crippen LogP contribution in [0.25, 0.3) is 10.9 Å². The van der Waals surface area contributed by atoms with E-state index in [9.17, 15) is 4.79 Å². The average Bonchev–Trinajstić information content (AvgIpc) is 2.50. The number of hydrogen-bond acceptors (Lipinski definition) is 2. The molecule has 0 aliphatic rings. The molecule has 1 heterocycles. The molecule has 0 aliphatic carbocycles. The molecule has 2 aromatic rings. The smallest absolute Gasteiger partial charge is 0.307 e. The van der Waals surface area contributed by atoms with Gasteiger partial charge in [-0.25, -0.2) is 0 Å². The molecule has 0 spiro atoms. The number of H-pyrrole nitrogens is 1. The summed E-state index contributed by atoms with van der Waals surface area (Å²) in [4.78, 5) is 10.6. The van der Waals surface area contributed by atoms with Gasteiger partial charge in [-0.2, -0.15) is 5.10 Å². The number of halogens is 1. The lowest BCUT2D eigenvalue weighted by Crippen LogP contribution is -2.00. The van der Waals surface area contributed by atoms with Crippen molar-refractivity contribution < 1.29 is 9.90 Å². The highest BCUT2D eigenvalue weighted by atomic mass is 79.9. The third-order valence-electron chi connectivity index (χ3n) is 1.94. The van der Waals surface area contributed by atoms with Crippen LogP contribution in [0.1, 0.15) is 5.56 Å². The highest BCUT2D eigenvalue weighted by Gasteiger charge is 2.08. The predicted molar refractivity (Wildman–Crippen MR) is 55.1 cm³/mol. The third kappa shape index (κ3) is 1.63. The lowest BCUT2D eigenvalue weighted by molar-refractivity contribution is -0.136. The Kier molecular flexibility index (Phi) is 2.25. The van der Waals surface area contributed by atoms with E-state index >= 15 is 0 Å². The summed E-state index contributed by atoms with van der Waals surface area (Å²) in [5.74, 6) is -0.848. The number of aromatic nitrogens is 2. The van der Waals surface area contributed by atoms with Gasteiger partial charge in [-0.1, -0.05) is 15.9 Å². The maximum atomic E-state index is 10.6. The Labute approximate surface area is 88.1 Å². The van der Waals surface area contributed by atoms with E-state index in [-0.39, 0.29) is 6.42 Å². The highest BCUT2D eigenvalue weighted by Crippen LogP contribution is 2.22. The topological polar surface area (TPSA) is 66.0 Å². The second-order valence-electron chi connectivity index (χ2n) is 2.97. The fourth-order valence-electron chi connectivity index (χ4n) is 1.39. The quantitative estimate of drug-likeness (QED) is 0.861. The molecule has 0 aliphatic heterocycles. The van der Waals surface area contributed by atoms with E-state index in [2.05, 4.69) is 26.1 Å². The van der Waals surface area contributed by atoms with Crippen molar-refractivity contribution in [2.24, 2.45) is 0 Å². The van der Waals surface area contributed by atoms with Crippen LogP contribution in [-0.2, 0) is 11.2 Å². The van der Waals surface area contributed by atoms with E-state index in [1.54, 1.807) is 12.3 Å². The minimum atomic E-state index is -0.848. The lowest BCUT2D eigenvalue weighted by Gasteiger charge is -2.00. The molecule has 2 rings (SSSR count). The van der Waals surface area contributed by atoms with Crippen LogP contribution >= 0.6 is 15.9 Å². The molecule has 2 N–H and O–H groups in total. The Morgan fingerprint density at radius 3 is 3.07 bits per heavy atom. The first-order chi connectivity index (χ1) is 6.66. The van der Waals surface area contributed by atoms with Crippen molar-refractivity contribution in [3.8, 4) is 0 Å². The largest absolute Gasteiger partial charge is 0.481 e. The Bertz CT molecular complexity index is 493. The molecular weight excluding hydrogens is 248 g/mol. The molecule has 5 heteroatoms. The van der Waals surface area contributed by atoms with Crippen molar-refractivity contribution in [1.82, 2.24) is 10.2 Å². The summed E-state index contributed by atoms with van der Waals surface area (Å²) in [7, 11) is 0. The maximum absolute atomic E-state index is 10.6. The van der Waals surface area contributed by atoms with Crippen LogP contribution in [-0.4, -0.2) is 21.3 Å². The molecule has 72 valence electrons.